The highest BCUT2D eigenvalue weighted by atomic mass is 79.9. The second kappa shape index (κ2) is 6.42. The summed E-state index contributed by atoms with van der Waals surface area (Å²) in [5.41, 5.74) is 4.47. The van der Waals surface area contributed by atoms with Gasteiger partial charge in [-0.15, -0.1) is 10.2 Å². The first kappa shape index (κ1) is 16.0. The standard InChI is InChI=1S/C10H12N4O2S2.BrH/c1-2-9-12-13-10(17-9)14-18(15,16)8-5-3-7(11)4-6-8;/h3-6H,2,11H2,1H3,(H,13,14);1H. The molecule has 2 aromatic rings. The van der Waals surface area contributed by atoms with Crippen LogP contribution in [0.5, 0.6) is 0 Å². The van der Waals surface area contributed by atoms with E-state index < -0.39 is 10.0 Å². The number of aryl methyl sites for hydroxylation is 1. The van der Waals surface area contributed by atoms with Gasteiger partial charge < -0.3 is 22.7 Å². The summed E-state index contributed by atoms with van der Waals surface area (Å²) in [7, 11) is -3.59. The molecule has 1 aromatic heterocycles. The molecule has 0 atom stereocenters. The number of hydrogen-bond acceptors (Lipinski definition) is 5. The van der Waals surface area contributed by atoms with Crippen molar-refractivity contribution < 1.29 is 31.1 Å². The number of halogens is 1. The predicted octanol–water partition coefficient (Wildman–Crippen LogP) is -2.22. The highest BCUT2D eigenvalue weighted by Crippen LogP contribution is 2.20. The fraction of sp³-hybridized carbons (Fsp3) is 0.200. The number of sulfonamides is 1. The molecule has 9 heteroatoms. The molecule has 0 radical (unpaired) electrons. The van der Waals surface area contributed by atoms with Crippen molar-refractivity contribution in [3.8, 4) is 0 Å². The first-order valence-corrected chi connectivity index (χ1v) is 7.58. The molecule has 0 aliphatic carbocycles. The van der Waals surface area contributed by atoms with E-state index >= 15 is 0 Å². The molecule has 1 heterocycles. The number of nitrogens with one attached hydrogen (secondary N) is 1. The van der Waals surface area contributed by atoms with E-state index in [0.29, 0.717) is 0 Å². The summed E-state index contributed by atoms with van der Waals surface area (Å²) in [5.74, 6) is 0. The Kier molecular flexibility index (Phi) is 5.41. The number of rotatable bonds is 4. The molecule has 0 unspecified atom stereocenters. The molecule has 1 aromatic carbocycles. The summed E-state index contributed by atoms with van der Waals surface area (Å²) >= 11 is 1.23. The molecule has 0 aliphatic heterocycles. The van der Waals surface area contributed by atoms with E-state index in [4.69, 9.17) is 0 Å². The number of hydrogen-bond donors (Lipinski definition) is 2. The Morgan fingerprint density at radius 1 is 1.26 bits per heavy atom. The van der Waals surface area contributed by atoms with E-state index in [1.54, 1.807) is 12.1 Å². The second-order valence-electron chi connectivity index (χ2n) is 3.60. The first-order chi connectivity index (χ1) is 8.51. The molecular weight excluding hydrogens is 352 g/mol. The molecule has 0 saturated carbocycles. The highest BCUT2D eigenvalue weighted by Gasteiger charge is 2.16. The summed E-state index contributed by atoms with van der Waals surface area (Å²) in [6.45, 7) is 1.94. The monoisotopic (exact) mass is 364 g/mol. The van der Waals surface area contributed by atoms with E-state index in [1.165, 1.54) is 23.5 Å². The molecule has 0 bridgehead atoms. The summed E-state index contributed by atoms with van der Waals surface area (Å²) in [5, 5.41) is 8.71. The van der Waals surface area contributed by atoms with Gasteiger partial charge in [0.1, 0.15) is 10.7 Å². The maximum Gasteiger partial charge on any atom is 0.263 e. The van der Waals surface area contributed by atoms with Crippen molar-refractivity contribution in [1.82, 2.24) is 10.2 Å². The molecule has 0 fully saturated rings. The van der Waals surface area contributed by atoms with Gasteiger partial charge in [0.2, 0.25) is 5.13 Å². The van der Waals surface area contributed by atoms with Crippen molar-refractivity contribution in [3.05, 3.63) is 29.3 Å². The predicted molar refractivity (Wildman–Crippen MR) is 69.1 cm³/mol. The Morgan fingerprint density at radius 2 is 1.89 bits per heavy atom. The van der Waals surface area contributed by atoms with Crippen LogP contribution in [0.15, 0.2) is 29.2 Å². The Labute approximate surface area is 125 Å². The van der Waals surface area contributed by atoms with Gasteiger partial charge in [-0.3, -0.25) is 4.72 Å². The Hall–Kier alpha value is -1.03. The number of nitrogens with zero attached hydrogens (tertiary/aromatic N) is 2. The molecule has 0 aliphatic rings. The normalized spacial score (nSPS) is 10.8. The van der Waals surface area contributed by atoms with Crippen LogP contribution >= 0.6 is 11.3 Å². The van der Waals surface area contributed by atoms with Gasteiger partial charge in [-0.2, -0.15) is 0 Å². The lowest BCUT2D eigenvalue weighted by atomic mass is 10.3. The minimum Gasteiger partial charge on any atom is -1.00 e. The average molecular weight is 365 g/mol. The van der Waals surface area contributed by atoms with Crippen LogP contribution in [0, 0.1) is 0 Å². The van der Waals surface area contributed by atoms with Gasteiger partial charge in [-0.1, -0.05) is 18.3 Å². The van der Waals surface area contributed by atoms with Gasteiger partial charge in [0.25, 0.3) is 10.0 Å². The zero-order valence-corrected chi connectivity index (χ0v) is 13.3. The lowest BCUT2D eigenvalue weighted by Crippen LogP contribution is -3.00. The van der Waals surface area contributed by atoms with Crippen LogP contribution in [0.1, 0.15) is 11.9 Å². The van der Waals surface area contributed by atoms with E-state index in [-0.39, 0.29) is 27.0 Å². The van der Waals surface area contributed by atoms with Gasteiger partial charge in [0.15, 0.2) is 0 Å². The zero-order chi connectivity index (χ0) is 13.2. The quantitative estimate of drug-likeness (QED) is 0.641. The number of benzene rings is 1. The van der Waals surface area contributed by atoms with E-state index in [0.717, 1.165) is 17.1 Å². The first-order valence-electron chi connectivity index (χ1n) is 5.28. The third kappa shape index (κ3) is 3.96. The second-order valence-corrected chi connectivity index (χ2v) is 6.35. The maximum absolute atomic E-state index is 12.0. The van der Waals surface area contributed by atoms with Gasteiger partial charge in [-0.25, -0.2) is 8.42 Å². The van der Waals surface area contributed by atoms with Crippen LogP contribution in [0.2, 0.25) is 0 Å². The van der Waals surface area contributed by atoms with Crippen molar-refractivity contribution in [2.24, 2.45) is 0 Å². The third-order valence-electron chi connectivity index (χ3n) is 2.22. The third-order valence-corrected chi connectivity index (χ3v) is 4.69. The minimum atomic E-state index is -3.59. The van der Waals surface area contributed by atoms with Crippen molar-refractivity contribution in [2.45, 2.75) is 18.2 Å². The van der Waals surface area contributed by atoms with Gasteiger partial charge in [-0.05, 0) is 18.6 Å². The summed E-state index contributed by atoms with van der Waals surface area (Å²) < 4.78 is 26.4. The highest BCUT2D eigenvalue weighted by molar-refractivity contribution is 7.93. The minimum absolute atomic E-state index is 0. The zero-order valence-electron chi connectivity index (χ0n) is 10.1. The Balaban J connectivity index is 0.00000180. The largest absolute Gasteiger partial charge is 1.00 e. The summed E-state index contributed by atoms with van der Waals surface area (Å²) in [6, 6.07) is 6.30. The molecule has 4 N–H and O–H groups in total. The van der Waals surface area contributed by atoms with Crippen LogP contribution in [-0.2, 0) is 16.4 Å². The Morgan fingerprint density at radius 3 is 2.42 bits per heavy atom. The van der Waals surface area contributed by atoms with Gasteiger partial charge in [0, 0.05) is 12.1 Å². The van der Waals surface area contributed by atoms with Crippen LogP contribution in [0.4, 0.5) is 10.8 Å². The molecule has 0 saturated heterocycles. The van der Waals surface area contributed by atoms with Crippen LogP contribution in [-0.4, -0.2) is 18.6 Å². The van der Waals surface area contributed by atoms with Crippen molar-refractivity contribution in [2.75, 3.05) is 4.72 Å². The molecule has 0 amide bonds. The van der Waals surface area contributed by atoms with Gasteiger partial charge >= 0.3 is 0 Å². The lowest BCUT2D eigenvalue weighted by molar-refractivity contribution is -0.254. The lowest BCUT2D eigenvalue weighted by Gasteiger charge is -2.03. The molecule has 2 rings (SSSR count). The maximum atomic E-state index is 12.0. The van der Waals surface area contributed by atoms with Crippen LogP contribution < -0.4 is 27.4 Å². The van der Waals surface area contributed by atoms with E-state index in [2.05, 4.69) is 20.7 Å². The molecule has 6 nitrogen and oxygen atoms in total. The molecule has 0 spiro atoms. The SMILES string of the molecule is CCc1nnc(NS(=O)(=O)c2ccc([NH3+])cc2)s1.[Br-]. The summed E-state index contributed by atoms with van der Waals surface area (Å²) in [6.07, 6.45) is 0.732. The topological polar surface area (TPSA) is 99.6 Å². The van der Waals surface area contributed by atoms with Crippen LogP contribution in [0.3, 0.4) is 0 Å². The fourth-order valence-electron chi connectivity index (χ4n) is 1.28. The van der Waals surface area contributed by atoms with Gasteiger partial charge in [0.05, 0.1) is 4.90 Å². The van der Waals surface area contributed by atoms with Crippen molar-refractivity contribution in [3.63, 3.8) is 0 Å². The fourth-order valence-corrected chi connectivity index (χ4v) is 3.19. The average Bonchev–Trinajstić information content (AvgIpc) is 2.76. The van der Waals surface area contributed by atoms with Crippen molar-refractivity contribution >= 4 is 32.2 Å². The summed E-state index contributed by atoms with van der Waals surface area (Å²) in [4.78, 5) is 0.183. The number of anilines is 1. The number of quaternary nitrogens is 1. The smallest absolute Gasteiger partial charge is 0.263 e. The molecule has 19 heavy (non-hydrogen) atoms. The van der Waals surface area contributed by atoms with Crippen LogP contribution in [0.25, 0.3) is 0 Å². The van der Waals surface area contributed by atoms with E-state index in [1.807, 2.05) is 6.92 Å². The van der Waals surface area contributed by atoms with Crippen molar-refractivity contribution in [1.29, 1.82) is 0 Å². The van der Waals surface area contributed by atoms with E-state index in [9.17, 15) is 8.42 Å². The molecule has 104 valence electrons. The molecular formula is C10H13BrN4O2S2. The number of aromatic nitrogens is 2. The Bertz CT molecular complexity index is 640.